The number of anilines is 1. The van der Waals surface area contributed by atoms with Crippen LogP contribution < -0.4 is 10.1 Å². The molecule has 0 aliphatic heterocycles. The van der Waals surface area contributed by atoms with Crippen LogP contribution in [0.2, 0.25) is 0 Å². The van der Waals surface area contributed by atoms with Crippen molar-refractivity contribution in [2.45, 2.75) is 39.5 Å². The van der Waals surface area contributed by atoms with Gasteiger partial charge in [0.05, 0.1) is 18.4 Å². The molecule has 0 saturated carbocycles. The molecule has 1 amide bonds. The van der Waals surface area contributed by atoms with Gasteiger partial charge < -0.3 is 15.2 Å². The van der Waals surface area contributed by atoms with E-state index >= 15 is 0 Å². The number of carboxylic acids is 1. The zero-order valence-corrected chi connectivity index (χ0v) is 12.8. The number of aromatic carboxylic acids is 1. The Bertz CT molecular complexity index is 493. The average Bonchev–Trinajstić information content (AvgIpc) is 2.46. The lowest BCUT2D eigenvalue weighted by molar-refractivity contribution is -0.120. The highest BCUT2D eigenvalue weighted by molar-refractivity contribution is 5.96. The van der Waals surface area contributed by atoms with Crippen LogP contribution in [0.15, 0.2) is 18.2 Å². The Morgan fingerprint density at radius 2 is 1.86 bits per heavy atom. The third-order valence-corrected chi connectivity index (χ3v) is 3.35. The molecule has 0 aliphatic carbocycles. The van der Waals surface area contributed by atoms with Gasteiger partial charge in [-0.2, -0.15) is 0 Å². The summed E-state index contributed by atoms with van der Waals surface area (Å²) in [5.74, 6) is -0.718. The lowest BCUT2D eigenvalue weighted by Gasteiger charge is -2.17. The van der Waals surface area contributed by atoms with Gasteiger partial charge in [0.2, 0.25) is 5.91 Å². The number of ether oxygens (including phenoxy) is 1. The quantitative estimate of drug-likeness (QED) is 0.768. The Labute approximate surface area is 125 Å². The molecular formula is C16H23NO4. The summed E-state index contributed by atoms with van der Waals surface area (Å²) in [4.78, 5) is 23.4. The Morgan fingerprint density at radius 3 is 2.33 bits per heavy atom. The van der Waals surface area contributed by atoms with Crippen LogP contribution in [-0.4, -0.2) is 24.1 Å². The number of carboxylic acid groups (broad SMARTS) is 1. The molecule has 0 spiro atoms. The molecule has 2 N–H and O–H groups in total. The zero-order valence-electron chi connectivity index (χ0n) is 12.8. The van der Waals surface area contributed by atoms with Crippen molar-refractivity contribution in [3.05, 3.63) is 23.8 Å². The normalized spacial score (nSPS) is 10.5. The smallest absolute Gasteiger partial charge is 0.335 e. The van der Waals surface area contributed by atoms with Crippen LogP contribution in [-0.2, 0) is 4.79 Å². The molecule has 1 aromatic carbocycles. The highest BCUT2D eigenvalue weighted by atomic mass is 16.5. The minimum Gasteiger partial charge on any atom is -0.495 e. The van der Waals surface area contributed by atoms with E-state index in [1.807, 2.05) is 13.8 Å². The largest absolute Gasteiger partial charge is 0.495 e. The van der Waals surface area contributed by atoms with Gasteiger partial charge >= 0.3 is 5.97 Å². The lowest BCUT2D eigenvalue weighted by atomic mass is 9.97. The molecule has 5 nitrogen and oxygen atoms in total. The third kappa shape index (κ3) is 4.77. The fourth-order valence-electron chi connectivity index (χ4n) is 2.28. The van der Waals surface area contributed by atoms with E-state index in [0.29, 0.717) is 11.4 Å². The summed E-state index contributed by atoms with van der Waals surface area (Å²) in [6, 6.07) is 4.42. The van der Waals surface area contributed by atoms with E-state index in [1.165, 1.54) is 19.2 Å². The molecule has 0 bridgehead atoms. The van der Waals surface area contributed by atoms with Crippen molar-refractivity contribution in [2.24, 2.45) is 5.92 Å². The van der Waals surface area contributed by atoms with Gasteiger partial charge in [-0.25, -0.2) is 4.79 Å². The first kappa shape index (κ1) is 17.0. The Balaban J connectivity index is 2.95. The van der Waals surface area contributed by atoms with Crippen LogP contribution >= 0.6 is 0 Å². The van der Waals surface area contributed by atoms with E-state index in [0.717, 1.165) is 25.7 Å². The number of amides is 1. The van der Waals surface area contributed by atoms with E-state index in [4.69, 9.17) is 9.84 Å². The first-order chi connectivity index (χ1) is 10.0. The topological polar surface area (TPSA) is 75.6 Å². The van der Waals surface area contributed by atoms with E-state index < -0.39 is 5.97 Å². The minimum absolute atomic E-state index is 0.0572. The maximum Gasteiger partial charge on any atom is 0.335 e. The minimum atomic E-state index is -1.04. The van der Waals surface area contributed by atoms with Crippen LogP contribution in [0.25, 0.3) is 0 Å². The van der Waals surface area contributed by atoms with Crippen molar-refractivity contribution in [2.75, 3.05) is 12.4 Å². The van der Waals surface area contributed by atoms with Crippen molar-refractivity contribution in [1.29, 1.82) is 0 Å². The molecular weight excluding hydrogens is 270 g/mol. The van der Waals surface area contributed by atoms with Crippen molar-refractivity contribution in [1.82, 2.24) is 0 Å². The van der Waals surface area contributed by atoms with Gasteiger partial charge in [0.1, 0.15) is 5.75 Å². The van der Waals surface area contributed by atoms with Crippen LogP contribution in [0, 0.1) is 5.92 Å². The summed E-state index contributed by atoms with van der Waals surface area (Å²) in [5.41, 5.74) is 0.522. The maximum atomic E-state index is 12.3. The molecule has 0 atom stereocenters. The number of carbonyl (C=O) groups excluding carboxylic acids is 1. The van der Waals surface area contributed by atoms with Gasteiger partial charge in [0, 0.05) is 5.92 Å². The number of carbonyl (C=O) groups is 2. The second-order valence-electron chi connectivity index (χ2n) is 4.98. The molecule has 0 unspecified atom stereocenters. The molecule has 0 heterocycles. The monoisotopic (exact) mass is 293 g/mol. The summed E-state index contributed by atoms with van der Waals surface area (Å²) < 4.78 is 5.17. The number of hydrogen-bond donors (Lipinski definition) is 2. The second-order valence-corrected chi connectivity index (χ2v) is 4.98. The highest BCUT2D eigenvalue weighted by Crippen LogP contribution is 2.27. The molecule has 0 saturated heterocycles. The number of hydrogen-bond acceptors (Lipinski definition) is 3. The van der Waals surface area contributed by atoms with Gasteiger partial charge in [0.25, 0.3) is 0 Å². The maximum absolute atomic E-state index is 12.3. The molecule has 1 aromatic rings. The van der Waals surface area contributed by atoms with Gasteiger partial charge in [-0.3, -0.25) is 4.79 Å². The summed E-state index contributed by atoms with van der Waals surface area (Å²) >= 11 is 0. The molecule has 5 heteroatoms. The zero-order chi connectivity index (χ0) is 15.8. The van der Waals surface area contributed by atoms with Crippen LogP contribution in [0.3, 0.4) is 0 Å². The molecule has 0 aliphatic rings. The Kier molecular flexibility index (Phi) is 6.72. The van der Waals surface area contributed by atoms with Crippen molar-refractivity contribution in [3.63, 3.8) is 0 Å². The predicted octanol–water partition coefficient (Wildman–Crippen LogP) is 3.55. The molecule has 116 valence electrons. The highest BCUT2D eigenvalue weighted by Gasteiger charge is 2.19. The van der Waals surface area contributed by atoms with Gasteiger partial charge in [0.15, 0.2) is 0 Å². The SMILES string of the molecule is CCCC(CCC)C(=O)Nc1cc(C(=O)O)ccc1OC. The lowest BCUT2D eigenvalue weighted by Crippen LogP contribution is -2.23. The summed E-state index contributed by atoms with van der Waals surface area (Å²) in [5, 5.41) is 11.8. The number of nitrogens with one attached hydrogen (secondary N) is 1. The number of benzene rings is 1. The predicted molar refractivity (Wildman–Crippen MR) is 81.9 cm³/mol. The van der Waals surface area contributed by atoms with Gasteiger partial charge in [-0.1, -0.05) is 26.7 Å². The molecule has 21 heavy (non-hydrogen) atoms. The first-order valence-electron chi connectivity index (χ1n) is 7.25. The first-order valence-corrected chi connectivity index (χ1v) is 7.25. The van der Waals surface area contributed by atoms with Crippen LogP contribution in [0.4, 0.5) is 5.69 Å². The standard InChI is InChI=1S/C16H23NO4/c1-4-6-11(7-5-2)15(18)17-13-10-12(16(19)20)8-9-14(13)21-3/h8-11H,4-7H2,1-3H3,(H,17,18)(H,19,20). The fourth-order valence-corrected chi connectivity index (χ4v) is 2.28. The fraction of sp³-hybridized carbons (Fsp3) is 0.500. The number of rotatable bonds is 8. The molecule has 0 radical (unpaired) electrons. The summed E-state index contributed by atoms with van der Waals surface area (Å²) in [6.45, 7) is 4.09. The van der Waals surface area contributed by atoms with E-state index in [-0.39, 0.29) is 17.4 Å². The number of methoxy groups -OCH3 is 1. The van der Waals surface area contributed by atoms with Crippen molar-refractivity contribution < 1.29 is 19.4 Å². The van der Waals surface area contributed by atoms with Gasteiger partial charge in [-0.05, 0) is 31.0 Å². The van der Waals surface area contributed by atoms with Gasteiger partial charge in [-0.15, -0.1) is 0 Å². The molecule has 0 aromatic heterocycles. The molecule has 1 rings (SSSR count). The second kappa shape index (κ2) is 8.29. The van der Waals surface area contributed by atoms with Crippen molar-refractivity contribution >= 4 is 17.6 Å². The van der Waals surface area contributed by atoms with E-state index in [9.17, 15) is 9.59 Å². The summed E-state index contributed by atoms with van der Waals surface area (Å²) in [7, 11) is 1.49. The molecule has 0 fully saturated rings. The Hall–Kier alpha value is -2.04. The van der Waals surface area contributed by atoms with Crippen LogP contribution in [0.1, 0.15) is 49.9 Å². The van der Waals surface area contributed by atoms with E-state index in [2.05, 4.69) is 5.32 Å². The van der Waals surface area contributed by atoms with Crippen molar-refractivity contribution in [3.8, 4) is 5.75 Å². The Morgan fingerprint density at radius 1 is 1.24 bits per heavy atom. The van der Waals surface area contributed by atoms with E-state index in [1.54, 1.807) is 6.07 Å². The van der Waals surface area contributed by atoms with Crippen LogP contribution in [0.5, 0.6) is 5.75 Å². The third-order valence-electron chi connectivity index (χ3n) is 3.35. The average molecular weight is 293 g/mol. The summed E-state index contributed by atoms with van der Waals surface area (Å²) in [6.07, 6.45) is 3.51.